The molecule has 0 spiro atoms. The molecule has 5 rings (SSSR count). The third kappa shape index (κ3) is 5.31. The first kappa shape index (κ1) is 25.6. The molecular weight excluding hydrogens is 495 g/mol. The number of ether oxygens (including phenoxy) is 1. The van der Waals surface area contributed by atoms with E-state index in [2.05, 4.69) is 19.6 Å². The molecule has 1 N–H and O–H groups in total. The molecule has 0 radical (unpaired) electrons. The summed E-state index contributed by atoms with van der Waals surface area (Å²) in [5.41, 5.74) is 4.64. The number of carbonyl (C=O) groups excluding carboxylic acids is 1. The Bertz CT molecular complexity index is 1460. The Morgan fingerprint density at radius 3 is 2.32 bits per heavy atom. The largest absolute Gasteiger partial charge is 0.573 e. The number of nitrogens with zero attached hydrogens (tertiary/aromatic N) is 4. The lowest BCUT2D eigenvalue weighted by Crippen LogP contribution is -2.44. The van der Waals surface area contributed by atoms with E-state index < -0.39 is 6.36 Å². The minimum atomic E-state index is -4.81. The first-order valence-electron chi connectivity index (χ1n) is 12.2. The van der Waals surface area contributed by atoms with Crippen LogP contribution in [0.3, 0.4) is 0 Å². The number of benzene rings is 2. The van der Waals surface area contributed by atoms with E-state index in [0.29, 0.717) is 41.1 Å². The number of aromatic amines is 1. The van der Waals surface area contributed by atoms with Crippen LogP contribution in [-0.4, -0.2) is 79.4 Å². The molecule has 38 heavy (non-hydrogen) atoms. The van der Waals surface area contributed by atoms with E-state index in [0.717, 1.165) is 29.6 Å². The fourth-order valence-electron chi connectivity index (χ4n) is 4.66. The number of anilines is 1. The van der Waals surface area contributed by atoms with Crippen molar-refractivity contribution in [1.29, 1.82) is 0 Å². The van der Waals surface area contributed by atoms with E-state index in [1.54, 1.807) is 44.6 Å². The number of nitrogens with one attached hydrogen (secondary N) is 1. The lowest BCUT2D eigenvalue weighted by molar-refractivity contribution is -0.274. The molecule has 0 unspecified atom stereocenters. The Kier molecular flexibility index (Phi) is 6.75. The zero-order valence-electron chi connectivity index (χ0n) is 21.3. The Morgan fingerprint density at radius 2 is 1.66 bits per heavy atom. The molecule has 1 fully saturated rings. The van der Waals surface area contributed by atoms with Gasteiger partial charge in [-0.25, -0.2) is 4.98 Å². The smallest absolute Gasteiger partial charge is 0.404 e. The predicted molar refractivity (Wildman–Crippen MR) is 141 cm³/mol. The number of halogens is 3. The standard InChI is InChI=1S/C28H28F3N5O2/c1-34(2)27(37)19-6-4-18(5-7-19)23-17-33-26-22(23)14-21(16-32-26)20-8-9-24(25(15-20)38-28(29,30)31)36-12-10-35(3)11-13-36/h4-9,14-17H,10-13H2,1-3H3,(H,32,33). The number of hydrogen-bond donors (Lipinski definition) is 1. The highest BCUT2D eigenvalue weighted by Crippen LogP contribution is 2.38. The van der Waals surface area contributed by atoms with Crippen LogP contribution >= 0.6 is 0 Å². The highest BCUT2D eigenvalue weighted by molar-refractivity contribution is 5.98. The second kappa shape index (κ2) is 10.0. The normalized spacial score (nSPS) is 14.6. The topological polar surface area (TPSA) is 64.7 Å². The third-order valence-electron chi connectivity index (χ3n) is 6.74. The van der Waals surface area contributed by atoms with Crippen LogP contribution in [0.1, 0.15) is 10.4 Å². The molecule has 10 heteroatoms. The molecule has 0 atom stereocenters. The van der Waals surface area contributed by atoms with Gasteiger partial charge in [0.15, 0.2) is 5.75 Å². The number of piperazine rings is 1. The highest BCUT2D eigenvalue weighted by atomic mass is 19.4. The van der Waals surface area contributed by atoms with E-state index in [9.17, 15) is 18.0 Å². The van der Waals surface area contributed by atoms with Gasteiger partial charge in [0, 0.05) is 74.7 Å². The number of amides is 1. The molecule has 4 aromatic rings. The molecule has 1 saturated heterocycles. The summed E-state index contributed by atoms with van der Waals surface area (Å²) < 4.78 is 44.5. The van der Waals surface area contributed by atoms with Gasteiger partial charge < -0.3 is 24.4 Å². The summed E-state index contributed by atoms with van der Waals surface area (Å²) >= 11 is 0. The number of carbonyl (C=O) groups is 1. The number of aromatic nitrogens is 2. The van der Waals surface area contributed by atoms with Crippen molar-refractivity contribution in [2.24, 2.45) is 0 Å². The minimum absolute atomic E-state index is 0.0867. The van der Waals surface area contributed by atoms with Crippen molar-refractivity contribution < 1.29 is 22.7 Å². The van der Waals surface area contributed by atoms with Crippen LogP contribution in [0.4, 0.5) is 18.9 Å². The van der Waals surface area contributed by atoms with Crippen molar-refractivity contribution in [2.45, 2.75) is 6.36 Å². The average molecular weight is 524 g/mol. The Labute approximate surface area is 218 Å². The molecular formula is C28H28F3N5O2. The number of rotatable bonds is 5. The number of H-pyrrole nitrogens is 1. The van der Waals surface area contributed by atoms with Crippen molar-refractivity contribution in [3.8, 4) is 28.0 Å². The monoisotopic (exact) mass is 523 g/mol. The van der Waals surface area contributed by atoms with Gasteiger partial charge in [0.1, 0.15) is 5.65 Å². The zero-order chi connectivity index (χ0) is 27.0. The average Bonchev–Trinajstić information content (AvgIpc) is 3.31. The van der Waals surface area contributed by atoms with Crippen LogP contribution in [0, 0.1) is 0 Å². The molecule has 2 aromatic heterocycles. The number of hydrogen-bond acceptors (Lipinski definition) is 5. The van der Waals surface area contributed by atoms with E-state index in [4.69, 9.17) is 0 Å². The van der Waals surface area contributed by atoms with E-state index in [1.807, 2.05) is 36.3 Å². The maximum atomic E-state index is 13.3. The zero-order valence-corrected chi connectivity index (χ0v) is 21.3. The summed E-state index contributed by atoms with van der Waals surface area (Å²) in [4.78, 5) is 25.5. The molecule has 1 amide bonds. The van der Waals surface area contributed by atoms with Gasteiger partial charge in [-0.15, -0.1) is 13.2 Å². The van der Waals surface area contributed by atoms with Gasteiger partial charge >= 0.3 is 6.36 Å². The van der Waals surface area contributed by atoms with E-state index in [1.165, 1.54) is 11.0 Å². The summed E-state index contributed by atoms with van der Waals surface area (Å²) in [5.74, 6) is -0.313. The number of likely N-dealkylation sites (N-methyl/N-ethyl adjacent to an activating group) is 1. The second-order valence-electron chi connectivity index (χ2n) is 9.62. The van der Waals surface area contributed by atoms with Crippen molar-refractivity contribution in [1.82, 2.24) is 19.8 Å². The molecule has 3 heterocycles. The van der Waals surface area contributed by atoms with Gasteiger partial charge in [0.25, 0.3) is 5.91 Å². The molecule has 0 saturated carbocycles. The van der Waals surface area contributed by atoms with Crippen LogP contribution in [0.2, 0.25) is 0 Å². The van der Waals surface area contributed by atoms with Gasteiger partial charge in [0.2, 0.25) is 0 Å². The van der Waals surface area contributed by atoms with Gasteiger partial charge in [0.05, 0.1) is 5.69 Å². The Morgan fingerprint density at radius 1 is 0.974 bits per heavy atom. The summed E-state index contributed by atoms with van der Waals surface area (Å²) in [6.07, 6.45) is -1.35. The van der Waals surface area contributed by atoms with Crippen LogP contribution < -0.4 is 9.64 Å². The lowest BCUT2D eigenvalue weighted by atomic mass is 10.0. The van der Waals surface area contributed by atoms with E-state index in [-0.39, 0.29) is 11.7 Å². The van der Waals surface area contributed by atoms with Gasteiger partial charge in [-0.2, -0.15) is 0 Å². The molecule has 0 bridgehead atoms. The first-order chi connectivity index (χ1) is 18.1. The Hall–Kier alpha value is -4.05. The molecule has 1 aliphatic rings. The van der Waals surface area contributed by atoms with Crippen LogP contribution in [-0.2, 0) is 0 Å². The fraction of sp³-hybridized carbons (Fsp3) is 0.286. The summed E-state index contributed by atoms with van der Waals surface area (Å²) in [6, 6.07) is 14.1. The lowest BCUT2D eigenvalue weighted by Gasteiger charge is -2.35. The maximum absolute atomic E-state index is 13.3. The van der Waals surface area contributed by atoms with Gasteiger partial charge in [-0.1, -0.05) is 18.2 Å². The molecule has 2 aromatic carbocycles. The van der Waals surface area contributed by atoms with Crippen LogP contribution in [0.15, 0.2) is 60.9 Å². The minimum Gasteiger partial charge on any atom is -0.404 e. The molecule has 198 valence electrons. The van der Waals surface area contributed by atoms with Crippen LogP contribution in [0.25, 0.3) is 33.3 Å². The first-order valence-corrected chi connectivity index (χ1v) is 12.2. The van der Waals surface area contributed by atoms with E-state index >= 15 is 0 Å². The molecule has 1 aliphatic heterocycles. The van der Waals surface area contributed by atoms with Crippen molar-refractivity contribution >= 4 is 22.6 Å². The van der Waals surface area contributed by atoms with Crippen LogP contribution in [0.5, 0.6) is 5.75 Å². The van der Waals surface area contributed by atoms with Crippen molar-refractivity contribution in [2.75, 3.05) is 52.2 Å². The predicted octanol–water partition coefficient (Wildman–Crippen LogP) is 5.25. The summed E-state index contributed by atoms with van der Waals surface area (Å²) in [6.45, 7) is 2.75. The number of fused-ring (bicyclic) bond motifs is 1. The fourth-order valence-corrected chi connectivity index (χ4v) is 4.66. The van der Waals surface area contributed by atoms with Gasteiger partial charge in [-0.05, 0) is 48.5 Å². The summed E-state index contributed by atoms with van der Waals surface area (Å²) in [7, 11) is 5.39. The molecule has 7 nitrogen and oxygen atoms in total. The Balaban J connectivity index is 1.51. The maximum Gasteiger partial charge on any atom is 0.573 e. The quantitative estimate of drug-likeness (QED) is 0.387. The number of pyridine rings is 1. The van der Waals surface area contributed by atoms with Crippen molar-refractivity contribution in [3.05, 3.63) is 66.5 Å². The SMILES string of the molecule is CN1CCN(c2ccc(-c3cnc4[nH]cc(-c5ccc(C(=O)N(C)C)cc5)c4c3)cc2OC(F)(F)F)CC1. The highest BCUT2D eigenvalue weighted by Gasteiger charge is 2.33. The third-order valence-corrected chi connectivity index (χ3v) is 6.74. The second-order valence-corrected chi connectivity index (χ2v) is 9.62. The van der Waals surface area contributed by atoms with Gasteiger partial charge in [-0.3, -0.25) is 4.79 Å². The number of alkyl halides is 3. The summed E-state index contributed by atoms with van der Waals surface area (Å²) in [5, 5.41) is 0.815. The van der Waals surface area contributed by atoms with Crippen molar-refractivity contribution in [3.63, 3.8) is 0 Å². The molecule has 0 aliphatic carbocycles.